The van der Waals surface area contributed by atoms with Gasteiger partial charge in [0.15, 0.2) is 5.78 Å². The van der Waals surface area contributed by atoms with Crippen molar-refractivity contribution in [2.45, 2.75) is 18.0 Å². The molecule has 122 valence electrons. The van der Waals surface area contributed by atoms with Crippen LogP contribution in [0.25, 0.3) is 0 Å². The van der Waals surface area contributed by atoms with Gasteiger partial charge in [0.1, 0.15) is 10.6 Å². The van der Waals surface area contributed by atoms with Crippen LogP contribution in [-0.2, 0) is 16.3 Å². The summed E-state index contributed by atoms with van der Waals surface area (Å²) in [7, 11) is -4.30. The second-order valence-electron chi connectivity index (χ2n) is 4.64. The summed E-state index contributed by atoms with van der Waals surface area (Å²) in [5.74, 6) is -0.691. The van der Waals surface area contributed by atoms with Crippen LogP contribution in [0.5, 0.6) is 5.75 Å². The van der Waals surface area contributed by atoms with Crippen molar-refractivity contribution in [2.75, 3.05) is 0 Å². The standard InChI is InChI=1S/C15H11F3O4S/c1-10(19)11-5-7-14(8-6-11)23(20,21)22-13-4-2-3-12(9-13)15(16,17)18/h2-9H,1H3. The van der Waals surface area contributed by atoms with Gasteiger partial charge < -0.3 is 4.18 Å². The Bertz CT molecular complexity index is 825. The lowest BCUT2D eigenvalue weighted by Gasteiger charge is -2.10. The van der Waals surface area contributed by atoms with Gasteiger partial charge in [0, 0.05) is 5.56 Å². The van der Waals surface area contributed by atoms with Gasteiger partial charge in [0.2, 0.25) is 0 Å². The highest BCUT2D eigenvalue weighted by Crippen LogP contribution is 2.32. The molecule has 8 heteroatoms. The summed E-state index contributed by atoms with van der Waals surface area (Å²) in [6.07, 6.45) is -4.60. The van der Waals surface area contributed by atoms with Crippen LogP contribution in [0.15, 0.2) is 53.4 Å². The monoisotopic (exact) mass is 344 g/mol. The van der Waals surface area contributed by atoms with Gasteiger partial charge >= 0.3 is 16.3 Å². The molecule has 2 aromatic rings. The van der Waals surface area contributed by atoms with Gasteiger partial charge in [-0.2, -0.15) is 21.6 Å². The van der Waals surface area contributed by atoms with Crippen LogP contribution >= 0.6 is 0 Å². The highest BCUT2D eigenvalue weighted by atomic mass is 32.2. The summed E-state index contributed by atoms with van der Waals surface area (Å²) in [5.41, 5.74) is -0.708. The molecular weight excluding hydrogens is 333 g/mol. The van der Waals surface area contributed by atoms with E-state index in [-0.39, 0.29) is 10.7 Å². The minimum atomic E-state index is -4.60. The maximum Gasteiger partial charge on any atom is 0.416 e. The zero-order chi connectivity index (χ0) is 17.3. The van der Waals surface area contributed by atoms with Crippen molar-refractivity contribution < 1.29 is 30.6 Å². The number of ketones is 1. The van der Waals surface area contributed by atoms with E-state index in [9.17, 15) is 26.4 Å². The molecule has 0 saturated carbocycles. The van der Waals surface area contributed by atoms with E-state index in [1.807, 2.05) is 0 Å². The van der Waals surface area contributed by atoms with Crippen LogP contribution in [0, 0.1) is 0 Å². The van der Waals surface area contributed by atoms with Crippen LogP contribution in [0.2, 0.25) is 0 Å². The smallest absolute Gasteiger partial charge is 0.379 e. The van der Waals surface area contributed by atoms with Crippen molar-refractivity contribution in [3.63, 3.8) is 0 Å². The topological polar surface area (TPSA) is 60.4 Å². The van der Waals surface area contributed by atoms with Crippen LogP contribution in [0.1, 0.15) is 22.8 Å². The van der Waals surface area contributed by atoms with Gasteiger partial charge in [-0.3, -0.25) is 4.79 Å². The fourth-order valence-corrected chi connectivity index (χ4v) is 2.68. The summed E-state index contributed by atoms with van der Waals surface area (Å²) < 4.78 is 66.6. The van der Waals surface area contributed by atoms with E-state index in [2.05, 4.69) is 0 Å². The number of hydrogen-bond donors (Lipinski definition) is 0. The maximum atomic E-state index is 12.6. The molecule has 0 atom stereocenters. The quantitative estimate of drug-likeness (QED) is 0.627. The molecule has 23 heavy (non-hydrogen) atoms. The van der Waals surface area contributed by atoms with Crippen molar-refractivity contribution in [3.8, 4) is 5.75 Å². The molecule has 0 unspecified atom stereocenters. The number of benzene rings is 2. The molecule has 0 amide bonds. The lowest BCUT2D eigenvalue weighted by molar-refractivity contribution is -0.137. The molecule has 0 aliphatic rings. The lowest BCUT2D eigenvalue weighted by Crippen LogP contribution is -2.11. The number of Topliss-reactive ketones (excluding diaryl/α,β-unsaturated/α-hetero) is 1. The Hall–Kier alpha value is -2.35. The Morgan fingerprint density at radius 1 is 1.04 bits per heavy atom. The molecule has 0 saturated heterocycles. The molecule has 0 N–H and O–H groups in total. The summed E-state index contributed by atoms with van der Waals surface area (Å²) in [5, 5.41) is 0. The Kier molecular flexibility index (Phi) is 4.46. The van der Waals surface area contributed by atoms with E-state index in [0.717, 1.165) is 30.3 Å². The van der Waals surface area contributed by atoms with Crippen molar-refractivity contribution in [1.29, 1.82) is 0 Å². The van der Waals surface area contributed by atoms with Crippen LogP contribution < -0.4 is 4.18 Å². The predicted octanol–water partition coefficient (Wildman–Crippen LogP) is 3.68. The van der Waals surface area contributed by atoms with E-state index >= 15 is 0 Å². The van der Waals surface area contributed by atoms with Crippen molar-refractivity contribution in [3.05, 3.63) is 59.7 Å². The molecule has 0 aliphatic heterocycles. The first-order chi connectivity index (χ1) is 10.6. The number of carbonyl (C=O) groups excluding carboxylic acids is 1. The second-order valence-corrected chi connectivity index (χ2v) is 6.19. The van der Waals surface area contributed by atoms with Gasteiger partial charge in [-0.1, -0.05) is 18.2 Å². The fraction of sp³-hybridized carbons (Fsp3) is 0.133. The van der Waals surface area contributed by atoms with E-state index in [1.54, 1.807) is 0 Å². The molecule has 0 bridgehead atoms. The lowest BCUT2D eigenvalue weighted by atomic mass is 10.2. The molecule has 0 aromatic heterocycles. The van der Waals surface area contributed by atoms with Crippen LogP contribution in [0.3, 0.4) is 0 Å². The third-order valence-electron chi connectivity index (χ3n) is 2.92. The number of carbonyl (C=O) groups is 1. The number of hydrogen-bond acceptors (Lipinski definition) is 4. The van der Waals surface area contributed by atoms with Gasteiger partial charge in [0.25, 0.3) is 0 Å². The summed E-state index contributed by atoms with van der Waals surface area (Å²) in [6.45, 7) is 1.32. The molecule has 0 heterocycles. The first-order valence-corrected chi connectivity index (χ1v) is 7.73. The van der Waals surface area contributed by atoms with E-state index < -0.39 is 27.6 Å². The summed E-state index contributed by atoms with van der Waals surface area (Å²) >= 11 is 0. The van der Waals surface area contributed by atoms with E-state index in [4.69, 9.17) is 4.18 Å². The predicted molar refractivity (Wildman–Crippen MR) is 75.7 cm³/mol. The zero-order valence-electron chi connectivity index (χ0n) is 11.8. The van der Waals surface area contributed by atoms with E-state index in [0.29, 0.717) is 11.6 Å². The second kappa shape index (κ2) is 6.04. The van der Waals surface area contributed by atoms with Gasteiger partial charge in [-0.15, -0.1) is 0 Å². The van der Waals surface area contributed by atoms with Crippen molar-refractivity contribution >= 4 is 15.9 Å². The Balaban J connectivity index is 2.29. The Morgan fingerprint density at radius 3 is 2.17 bits per heavy atom. The molecule has 0 fully saturated rings. The van der Waals surface area contributed by atoms with Gasteiger partial charge in [-0.05, 0) is 37.3 Å². The number of alkyl halides is 3. The molecule has 4 nitrogen and oxygen atoms in total. The Labute approximate surface area is 130 Å². The van der Waals surface area contributed by atoms with Gasteiger partial charge in [-0.25, -0.2) is 0 Å². The highest BCUT2D eigenvalue weighted by molar-refractivity contribution is 7.87. The highest BCUT2D eigenvalue weighted by Gasteiger charge is 2.31. The van der Waals surface area contributed by atoms with Crippen molar-refractivity contribution in [1.82, 2.24) is 0 Å². The SMILES string of the molecule is CC(=O)c1ccc(S(=O)(=O)Oc2cccc(C(F)(F)F)c2)cc1. The zero-order valence-corrected chi connectivity index (χ0v) is 12.6. The summed E-state index contributed by atoms with van der Waals surface area (Å²) in [6, 6.07) is 8.46. The fourth-order valence-electron chi connectivity index (χ4n) is 1.76. The molecule has 0 aliphatic carbocycles. The first kappa shape index (κ1) is 17.0. The third-order valence-corrected chi connectivity index (χ3v) is 4.18. The molecular formula is C15H11F3O4S. The number of halogens is 3. The average Bonchev–Trinajstić information content (AvgIpc) is 2.46. The third kappa shape index (κ3) is 4.10. The van der Waals surface area contributed by atoms with Crippen LogP contribution in [-0.4, -0.2) is 14.2 Å². The van der Waals surface area contributed by atoms with E-state index in [1.165, 1.54) is 19.1 Å². The first-order valence-electron chi connectivity index (χ1n) is 6.32. The molecule has 0 radical (unpaired) electrons. The summed E-state index contributed by atoms with van der Waals surface area (Å²) in [4.78, 5) is 10.9. The Morgan fingerprint density at radius 2 is 1.65 bits per heavy atom. The minimum Gasteiger partial charge on any atom is -0.379 e. The van der Waals surface area contributed by atoms with Crippen LogP contribution in [0.4, 0.5) is 13.2 Å². The molecule has 2 aromatic carbocycles. The maximum absolute atomic E-state index is 12.6. The van der Waals surface area contributed by atoms with Gasteiger partial charge in [0.05, 0.1) is 5.56 Å². The average molecular weight is 344 g/mol. The number of rotatable bonds is 4. The van der Waals surface area contributed by atoms with Crippen molar-refractivity contribution in [2.24, 2.45) is 0 Å². The largest absolute Gasteiger partial charge is 0.416 e. The molecule has 0 spiro atoms. The molecule has 2 rings (SSSR count). The minimum absolute atomic E-state index is 0.243. The normalized spacial score (nSPS) is 12.0.